The van der Waals surface area contributed by atoms with E-state index in [1.54, 1.807) is 0 Å². The summed E-state index contributed by atoms with van der Waals surface area (Å²) in [5, 5.41) is 29.6. The van der Waals surface area contributed by atoms with Crippen molar-refractivity contribution < 1.29 is 80.5 Å². The van der Waals surface area contributed by atoms with Gasteiger partial charge in [0.2, 0.25) is 16.9 Å². The normalized spacial score (nSPS) is 21.0. The van der Waals surface area contributed by atoms with Gasteiger partial charge in [0.15, 0.2) is 17.7 Å². The molecule has 0 radical (unpaired) electrons. The van der Waals surface area contributed by atoms with Gasteiger partial charge in [0.25, 0.3) is 0 Å². The SMILES string of the molecule is CC(C)NCc1ccc(CC(N)C(=O)SCCNC(=O)CCNC(=O)C(O)C(C)(C)COP(=O)(O)OP(=O)(O)OCC2OC(n3cnc4c(N)ncnc43)C(O)C2OP(=O)(O)O)cc1. The zero-order valence-corrected chi connectivity index (χ0v) is 38.5. The van der Waals surface area contributed by atoms with Crippen molar-refractivity contribution in [2.24, 2.45) is 11.1 Å². The number of rotatable bonds is 25. The maximum absolute atomic E-state index is 12.7. The Morgan fingerprint density at radius 3 is 2.30 bits per heavy atom. The Morgan fingerprint density at radius 1 is 0.984 bits per heavy atom. The summed E-state index contributed by atoms with van der Waals surface area (Å²) in [6.45, 7) is 5.20. The zero-order chi connectivity index (χ0) is 47.6. The van der Waals surface area contributed by atoms with Gasteiger partial charge < -0.3 is 61.9 Å². The van der Waals surface area contributed by atoms with Crippen molar-refractivity contribution in [2.75, 3.05) is 37.8 Å². The van der Waals surface area contributed by atoms with E-state index in [-0.39, 0.29) is 47.4 Å². The lowest BCUT2D eigenvalue weighted by atomic mass is 9.87. The number of benzene rings is 1. The monoisotopic (exact) mass is 985 g/mol. The molecule has 1 aromatic carbocycles. The van der Waals surface area contributed by atoms with Crippen LogP contribution in [-0.4, -0.2) is 135 Å². The quantitative estimate of drug-likeness (QED) is 0.0384. The van der Waals surface area contributed by atoms with Crippen LogP contribution in [0, 0.1) is 5.41 Å². The average Bonchev–Trinajstić information content (AvgIpc) is 3.77. The second-order valence-corrected chi connectivity index (χ2v) is 20.7. The molecule has 4 rings (SSSR count). The van der Waals surface area contributed by atoms with Crippen LogP contribution in [0.4, 0.5) is 5.82 Å². The lowest BCUT2D eigenvalue weighted by molar-refractivity contribution is -0.137. The Morgan fingerprint density at radius 2 is 1.64 bits per heavy atom. The number of phosphoric ester groups is 3. The number of carbonyl (C=O) groups excluding carboxylic acids is 3. The number of nitrogens with zero attached hydrogens (tertiary/aromatic N) is 4. The number of nitrogens with two attached hydrogens (primary N) is 2. The van der Waals surface area contributed by atoms with Crippen LogP contribution in [-0.2, 0) is 63.7 Å². The first-order valence-corrected chi connectivity index (χ1v) is 24.9. The van der Waals surface area contributed by atoms with Crippen LogP contribution < -0.4 is 27.4 Å². The number of nitrogens with one attached hydrogen (secondary N) is 3. The van der Waals surface area contributed by atoms with E-state index in [4.69, 9.17) is 25.3 Å². The molecule has 1 saturated heterocycles. The number of thioether (sulfide) groups is 1. The third kappa shape index (κ3) is 16.2. The van der Waals surface area contributed by atoms with E-state index in [1.807, 2.05) is 24.3 Å². The van der Waals surface area contributed by atoms with Gasteiger partial charge in [0, 0.05) is 43.3 Å². The predicted octanol–water partition coefficient (Wildman–Crippen LogP) is -0.267. The van der Waals surface area contributed by atoms with E-state index in [2.05, 4.69) is 53.6 Å². The van der Waals surface area contributed by atoms with Gasteiger partial charge in [-0.2, -0.15) is 4.31 Å². The number of nitrogen functional groups attached to an aromatic ring is 1. The molecule has 2 aromatic heterocycles. The molecule has 8 unspecified atom stereocenters. The minimum absolute atomic E-state index is 0.0263. The molecule has 30 heteroatoms. The number of hydrogen-bond donors (Lipinski definition) is 11. The summed E-state index contributed by atoms with van der Waals surface area (Å²) >= 11 is 0.977. The Labute approximate surface area is 371 Å². The molecular formula is C34H54N9O17P3S. The summed E-state index contributed by atoms with van der Waals surface area (Å²) in [5.41, 5.74) is 12.4. The number of hydrogen-bond acceptors (Lipinski definition) is 20. The Bertz CT molecular complexity index is 2220. The summed E-state index contributed by atoms with van der Waals surface area (Å²) in [5.74, 6) is -1.26. The molecule has 26 nitrogen and oxygen atoms in total. The van der Waals surface area contributed by atoms with Crippen molar-refractivity contribution in [1.82, 2.24) is 35.5 Å². The minimum atomic E-state index is -5.59. The number of ether oxygens (including phenoxy) is 1. The molecule has 0 bridgehead atoms. The van der Waals surface area contributed by atoms with Crippen molar-refractivity contribution in [3.8, 4) is 0 Å². The Balaban J connectivity index is 1.17. The smallest absolute Gasteiger partial charge is 0.386 e. The number of aliphatic hydroxyl groups is 2. The Kier molecular flexibility index (Phi) is 19.1. The molecular weight excluding hydrogens is 931 g/mol. The molecule has 3 aromatic rings. The highest BCUT2D eigenvalue weighted by molar-refractivity contribution is 8.13. The minimum Gasteiger partial charge on any atom is -0.386 e. The molecule has 2 amide bonds. The molecule has 1 aliphatic rings. The van der Waals surface area contributed by atoms with Gasteiger partial charge >= 0.3 is 23.5 Å². The number of aromatic nitrogens is 4. The van der Waals surface area contributed by atoms with Crippen molar-refractivity contribution in [3.05, 3.63) is 48.0 Å². The maximum atomic E-state index is 12.7. The lowest BCUT2D eigenvalue weighted by Gasteiger charge is -2.30. The molecule has 1 aliphatic heterocycles. The zero-order valence-electron chi connectivity index (χ0n) is 35.0. The third-order valence-corrected chi connectivity index (χ3v) is 13.3. The highest BCUT2D eigenvalue weighted by atomic mass is 32.2. The molecule has 64 heavy (non-hydrogen) atoms. The number of fused-ring (bicyclic) bond motifs is 1. The molecule has 3 heterocycles. The molecule has 0 saturated carbocycles. The lowest BCUT2D eigenvalue weighted by Crippen LogP contribution is -2.46. The molecule has 358 valence electrons. The fourth-order valence-corrected chi connectivity index (χ4v) is 9.37. The Hall–Kier alpha value is -3.30. The van der Waals surface area contributed by atoms with Gasteiger partial charge in [-0.1, -0.05) is 63.7 Å². The van der Waals surface area contributed by atoms with E-state index < -0.39 is 90.6 Å². The summed E-state index contributed by atoms with van der Waals surface area (Å²) in [6, 6.07) is 7.41. The molecule has 8 atom stereocenters. The van der Waals surface area contributed by atoms with Gasteiger partial charge in [-0.05, 0) is 17.5 Å². The first-order chi connectivity index (χ1) is 29.8. The number of carbonyl (C=O) groups is 3. The van der Waals surface area contributed by atoms with Crippen LogP contribution in [0.25, 0.3) is 11.2 Å². The fourth-order valence-electron chi connectivity index (χ4n) is 5.84. The summed E-state index contributed by atoms with van der Waals surface area (Å²) in [4.78, 5) is 88.6. The van der Waals surface area contributed by atoms with Gasteiger partial charge in [0.05, 0.1) is 25.6 Å². The van der Waals surface area contributed by atoms with Gasteiger partial charge in [-0.15, -0.1) is 0 Å². The highest BCUT2D eigenvalue weighted by Gasteiger charge is 2.50. The predicted molar refractivity (Wildman–Crippen MR) is 227 cm³/mol. The number of anilines is 1. The number of aliphatic hydroxyl groups excluding tert-OH is 2. The standard InChI is InChI=1S/C34H54N9O17P3S/c1-19(2)39-14-21-7-5-20(6-8-21)13-22(35)33(48)64-12-11-37-24(44)9-10-38-31(47)28(46)34(3,4)16-57-63(54,55)60-62(52,53)56-15-23-27(59-61(49,50)51)26(45)32(58-23)43-18-42-25-29(36)40-17-41-30(25)43/h5-8,17-19,22-23,26-28,32,39,45-46H,9-16,35H2,1-4H3,(H,37,44)(H,38,47)(H,52,53)(H,54,55)(H2,36,40,41)(H2,49,50,51). The van der Waals surface area contributed by atoms with Crippen molar-refractivity contribution >= 4 is 69.1 Å². The summed E-state index contributed by atoms with van der Waals surface area (Å²) in [7, 11) is -16.4. The highest BCUT2D eigenvalue weighted by Crippen LogP contribution is 2.61. The molecule has 13 N–H and O–H groups in total. The van der Waals surface area contributed by atoms with Crippen LogP contribution >= 0.6 is 35.2 Å². The fraction of sp³-hybridized carbons (Fsp3) is 0.588. The molecule has 1 fully saturated rings. The molecule has 0 aliphatic carbocycles. The van der Waals surface area contributed by atoms with E-state index in [0.717, 1.165) is 46.7 Å². The van der Waals surface area contributed by atoms with Crippen LogP contribution in [0.5, 0.6) is 0 Å². The first-order valence-electron chi connectivity index (χ1n) is 19.4. The maximum Gasteiger partial charge on any atom is 0.481 e. The van der Waals surface area contributed by atoms with Gasteiger partial charge in [0.1, 0.15) is 36.3 Å². The van der Waals surface area contributed by atoms with Crippen LogP contribution in [0.3, 0.4) is 0 Å². The van der Waals surface area contributed by atoms with Crippen LogP contribution in [0.1, 0.15) is 51.5 Å². The number of amides is 2. The first kappa shape index (κ1) is 53.3. The summed E-state index contributed by atoms with van der Waals surface area (Å²) in [6.07, 6.45) is -6.65. The van der Waals surface area contributed by atoms with Crippen molar-refractivity contribution in [2.45, 2.75) is 89.8 Å². The molecule has 0 spiro atoms. The average molecular weight is 986 g/mol. The summed E-state index contributed by atoms with van der Waals surface area (Å²) < 4.78 is 62.3. The second kappa shape index (κ2) is 22.9. The van der Waals surface area contributed by atoms with Gasteiger partial charge in [-0.3, -0.25) is 32.5 Å². The third-order valence-electron chi connectivity index (χ3n) is 9.24. The topological polar surface area (TPSA) is 402 Å². The number of phosphoric acid groups is 3. The van der Waals surface area contributed by atoms with E-state index >= 15 is 0 Å². The second-order valence-electron chi connectivity index (χ2n) is 15.4. The van der Waals surface area contributed by atoms with Crippen molar-refractivity contribution in [3.63, 3.8) is 0 Å². The van der Waals surface area contributed by atoms with Gasteiger partial charge in [-0.25, -0.2) is 28.6 Å². The largest absolute Gasteiger partial charge is 0.481 e. The van der Waals surface area contributed by atoms with E-state index in [1.165, 1.54) is 13.8 Å². The number of imidazole rings is 1. The van der Waals surface area contributed by atoms with E-state index in [0.29, 0.717) is 12.5 Å². The van der Waals surface area contributed by atoms with Crippen LogP contribution in [0.2, 0.25) is 0 Å². The van der Waals surface area contributed by atoms with E-state index in [9.17, 15) is 57.9 Å². The van der Waals surface area contributed by atoms with Crippen LogP contribution in [0.15, 0.2) is 36.9 Å². The van der Waals surface area contributed by atoms with Crippen molar-refractivity contribution in [1.29, 1.82) is 0 Å².